The molecule has 2 aliphatic rings. The number of amides is 1. The fourth-order valence-electron chi connectivity index (χ4n) is 4.32. The van der Waals surface area contributed by atoms with Crippen molar-refractivity contribution in [1.29, 1.82) is 5.26 Å². The lowest BCUT2D eigenvalue weighted by atomic mass is 9.89. The molecule has 0 aromatic heterocycles. The van der Waals surface area contributed by atoms with Crippen molar-refractivity contribution in [3.05, 3.63) is 65.7 Å². The Kier molecular flexibility index (Phi) is 3.93. The van der Waals surface area contributed by atoms with E-state index in [0.717, 1.165) is 24.0 Å². The van der Waals surface area contributed by atoms with Crippen molar-refractivity contribution in [2.45, 2.75) is 31.3 Å². The summed E-state index contributed by atoms with van der Waals surface area (Å²) in [7, 11) is 0. The molecule has 2 unspecified atom stereocenters. The zero-order valence-corrected chi connectivity index (χ0v) is 13.9. The van der Waals surface area contributed by atoms with Crippen LogP contribution in [-0.2, 0) is 16.8 Å². The highest BCUT2D eigenvalue weighted by Gasteiger charge is 2.67. The van der Waals surface area contributed by atoms with Gasteiger partial charge in [0.25, 0.3) is 0 Å². The summed E-state index contributed by atoms with van der Waals surface area (Å²) in [5.74, 6) is 1.04. The number of nitriles is 1. The van der Waals surface area contributed by atoms with E-state index < -0.39 is 6.09 Å². The summed E-state index contributed by atoms with van der Waals surface area (Å²) < 4.78 is 5.22. The number of hydrogen-bond acceptors (Lipinski definition) is 3. The number of hydrogen-bond donors (Lipinski definition) is 1. The third kappa shape index (κ3) is 2.76. The zero-order chi connectivity index (χ0) is 17.3. The molecule has 0 bridgehead atoms. The highest BCUT2D eigenvalue weighted by atomic mass is 16.5. The van der Waals surface area contributed by atoms with Crippen LogP contribution in [-0.4, -0.2) is 6.09 Å². The molecule has 2 aromatic carbocycles. The van der Waals surface area contributed by atoms with Gasteiger partial charge in [-0.2, -0.15) is 5.26 Å². The lowest BCUT2D eigenvalue weighted by Crippen LogP contribution is -2.14. The van der Waals surface area contributed by atoms with Gasteiger partial charge in [-0.25, -0.2) is 4.79 Å². The monoisotopic (exact) mass is 332 g/mol. The maximum absolute atomic E-state index is 11.9. The van der Waals surface area contributed by atoms with Gasteiger partial charge >= 0.3 is 6.09 Å². The van der Waals surface area contributed by atoms with Crippen molar-refractivity contribution in [3.8, 4) is 6.07 Å². The largest absolute Gasteiger partial charge is 0.444 e. The molecule has 25 heavy (non-hydrogen) atoms. The highest BCUT2D eigenvalue weighted by molar-refractivity contribution is 5.84. The Hall–Kier alpha value is -2.80. The van der Waals surface area contributed by atoms with Crippen LogP contribution in [0, 0.1) is 23.2 Å². The number of anilines is 1. The number of fused-ring (bicyclic) bond motifs is 1. The van der Waals surface area contributed by atoms with Crippen molar-refractivity contribution in [2.75, 3.05) is 5.32 Å². The van der Waals surface area contributed by atoms with E-state index >= 15 is 0 Å². The van der Waals surface area contributed by atoms with Gasteiger partial charge in [-0.05, 0) is 47.9 Å². The van der Waals surface area contributed by atoms with Gasteiger partial charge in [0.2, 0.25) is 0 Å². The summed E-state index contributed by atoms with van der Waals surface area (Å²) in [6, 6.07) is 19.8. The molecule has 2 aliphatic carbocycles. The molecule has 4 rings (SSSR count). The van der Waals surface area contributed by atoms with Gasteiger partial charge in [0.1, 0.15) is 6.61 Å². The molecule has 0 radical (unpaired) electrons. The molecular weight excluding hydrogens is 312 g/mol. The first-order valence-electron chi connectivity index (χ1n) is 8.73. The number of rotatable bonds is 4. The topological polar surface area (TPSA) is 62.1 Å². The van der Waals surface area contributed by atoms with Crippen LogP contribution < -0.4 is 5.32 Å². The van der Waals surface area contributed by atoms with E-state index in [2.05, 4.69) is 11.4 Å². The van der Waals surface area contributed by atoms with Crippen LogP contribution in [0.1, 0.15) is 30.4 Å². The lowest BCUT2D eigenvalue weighted by molar-refractivity contribution is 0.155. The summed E-state index contributed by atoms with van der Waals surface area (Å²) in [5.41, 5.74) is 2.42. The fourth-order valence-corrected chi connectivity index (χ4v) is 4.32. The van der Waals surface area contributed by atoms with Gasteiger partial charge in [-0.1, -0.05) is 48.9 Å². The van der Waals surface area contributed by atoms with Gasteiger partial charge in [-0.3, -0.25) is 5.32 Å². The minimum atomic E-state index is -0.477. The molecule has 2 saturated carbocycles. The summed E-state index contributed by atoms with van der Waals surface area (Å²) in [4.78, 5) is 11.9. The Morgan fingerprint density at radius 2 is 1.80 bits per heavy atom. The Morgan fingerprint density at radius 1 is 1.12 bits per heavy atom. The average molecular weight is 332 g/mol. The van der Waals surface area contributed by atoms with E-state index in [0.29, 0.717) is 17.5 Å². The van der Waals surface area contributed by atoms with E-state index in [9.17, 15) is 10.1 Å². The van der Waals surface area contributed by atoms with Gasteiger partial charge in [-0.15, -0.1) is 0 Å². The van der Waals surface area contributed by atoms with Gasteiger partial charge in [0.05, 0.1) is 11.5 Å². The van der Waals surface area contributed by atoms with Crippen molar-refractivity contribution >= 4 is 11.8 Å². The quantitative estimate of drug-likeness (QED) is 0.888. The maximum Gasteiger partial charge on any atom is 0.411 e. The Balaban J connectivity index is 1.36. The van der Waals surface area contributed by atoms with Crippen LogP contribution in [0.5, 0.6) is 0 Å². The molecule has 0 aliphatic heterocycles. The fraction of sp³-hybridized carbons (Fsp3) is 0.333. The number of carbonyl (C=O) groups excluding carboxylic acids is 1. The number of nitrogens with zero attached hydrogens (tertiary/aromatic N) is 1. The second-order valence-electron chi connectivity index (χ2n) is 6.89. The molecular formula is C21H20N2O2. The minimum Gasteiger partial charge on any atom is -0.444 e. The van der Waals surface area contributed by atoms with Crippen molar-refractivity contribution < 1.29 is 9.53 Å². The van der Waals surface area contributed by atoms with Crippen LogP contribution in [0.2, 0.25) is 0 Å². The van der Waals surface area contributed by atoms with Crippen LogP contribution in [0.15, 0.2) is 54.6 Å². The highest BCUT2D eigenvalue weighted by Crippen LogP contribution is 2.67. The summed E-state index contributed by atoms with van der Waals surface area (Å²) in [6.45, 7) is 0.242. The first-order chi connectivity index (χ1) is 12.2. The van der Waals surface area contributed by atoms with E-state index in [1.807, 2.05) is 54.6 Å². The predicted molar refractivity (Wildman–Crippen MR) is 94.8 cm³/mol. The second kappa shape index (κ2) is 6.25. The number of carbonyl (C=O) groups is 1. The Morgan fingerprint density at radius 3 is 2.44 bits per heavy atom. The van der Waals surface area contributed by atoms with E-state index in [-0.39, 0.29) is 12.0 Å². The first kappa shape index (κ1) is 15.7. The third-order valence-corrected chi connectivity index (χ3v) is 5.58. The Bertz CT molecular complexity index is 798. The summed E-state index contributed by atoms with van der Waals surface area (Å²) >= 11 is 0. The molecule has 0 saturated heterocycles. The molecule has 0 heterocycles. The molecule has 2 fully saturated rings. The van der Waals surface area contributed by atoms with E-state index in [1.165, 1.54) is 6.42 Å². The van der Waals surface area contributed by atoms with Crippen LogP contribution in [0.4, 0.5) is 10.5 Å². The van der Waals surface area contributed by atoms with E-state index in [4.69, 9.17) is 4.74 Å². The van der Waals surface area contributed by atoms with Crippen LogP contribution in [0.3, 0.4) is 0 Å². The normalized spacial score (nSPS) is 26.4. The van der Waals surface area contributed by atoms with Crippen LogP contribution >= 0.6 is 0 Å². The molecule has 126 valence electrons. The molecule has 1 N–H and O–H groups in total. The smallest absolute Gasteiger partial charge is 0.411 e. The van der Waals surface area contributed by atoms with Crippen molar-refractivity contribution in [1.82, 2.24) is 0 Å². The molecule has 4 heteroatoms. The lowest BCUT2D eigenvalue weighted by Gasteiger charge is -2.14. The SMILES string of the molecule is N#CC1(c2ccc(NC(=O)OCc3ccccc3)cc2)C2CCC[C@@H]21. The standard InChI is InChI=1S/C21H20N2O2/c22-14-21(18-7-4-8-19(18)21)16-9-11-17(12-10-16)23-20(24)25-13-15-5-2-1-3-6-15/h1-3,5-6,9-12,18-19H,4,7-8,13H2,(H,23,24)/t18-,19?,21?/m0/s1. The Labute approximate surface area is 147 Å². The molecule has 1 amide bonds. The first-order valence-corrected chi connectivity index (χ1v) is 8.73. The molecule has 0 spiro atoms. The van der Waals surface area contributed by atoms with Gasteiger partial charge in [0, 0.05) is 5.69 Å². The summed E-state index contributed by atoms with van der Waals surface area (Å²) in [6.07, 6.45) is 3.08. The van der Waals surface area contributed by atoms with E-state index in [1.54, 1.807) is 0 Å². The van der Waals surface area contributed by atoms with Gasteiger partial charge in [0.15, 0.2) is 0 Å². The van der Waals surface area contributed by atoms with Crippen molar-refractivity contribution in [3.63, 3.8) is 0 Å². The average Bonchev–Trinajstić information content (AvgIpc) is 3.00. The number of benzene rings is 2. The molecule has 2 aromatic rings. The minimum absolute atomic E-state index is 0.242. The van der Waals surface area contributed by atoms with Crippen LogP contribution in [0.25, 0.3) is 0 Å². The zero-order valence-electron chi connectivity index (χ0n) is 13.9. The molecule has 3 atom stereocenters. The summed E-state index contributed by atoms with van der Waals surface area (Å²) in [5, 5.41) is 12.4. The number of ether oxygens (including phenoxy) is 1. The van der Waals surface area contributed by atoms with Gasteiger partial charge < -0.3 is 4.74 Å². The van der Waals surface area contributed by atoms with Crippen molar-refractivity contribution in [2.24, 2.45) is 11.8 Å². The molecule has 4 nitrogen and oxygen atoms in total. The maximum atomic E-state index is 11.9. The third-order valence-electron chi connectivity index (χ3n) is 5.58. The second-order valence-corrected chi connectivity index (χ2v) is 6.89. The predicted octanol–water partition coefficient (Wildman–Crippen LogP) is 4.63. The number of nitrogens with one attached hydrogen (secondary N) is 1.